The van der Waals surface area contributed by atoms with E-state index in [0.717, 1.165) is 59.1 Å². The van der Waals surface area contributed by atoms with E-state index in [1.165, 1.54) is 5.56 Å². The van der Waals surface area contributed by atoms with Crippen molar-refractivity contribution in [3.8, 4) is 23.3 Å². The first-order chi connectivity index (χ1) is 26.2. The third kappa shape index (κ3) is 5.44. The fraction of sp³-hybridized carbons (Fsp3) is 0.293. The van der Waals surface area contributed by atoms with Gasteiger partial charge < -0.3 is 14.2 Å². The Hall–Kier alpha value is -6.26. The molecule has 1 amide bonds. The summed E-state index contributed by atoms with van der Waals surface area (Å²) in [7, 11) is 1.87. The summed E-state index contributed by atoms with van der Waals surface area (Å²) in [6, 6.07) is 19.6. The Morgan fingerprint density at radius 2 is 1.72 bits per heavy atom. The zero-order valence-electron chi connectivity index (χ0n) is 30.3. The molecule has 0 unspecified atom stereocenters. The van der Waals surface area contributed by atoms with Gasteiger partial charge in [0, 0.05) is 67.5 Å². The lowest BCUT2D eigenvalue weighted by Gasteiger charge is -2.27. The van der Waals surface area contributed by atoms with Gasteiger partial charge in [0.2, 0.25) is 0 Å². The lowest BCUT2D eigenvalue weighted by Crippen LogP contribution is -2.37. The van der Waals surface area contributed by atoms with E-state index in [1.807, 2.05) is 37.4 Å². The fourth-order valence-corrected chi connectivity index (χ4v) is 8.20. The van der Waals surface area contributed by atoms with Gasteiger partial charge in [-0.05, 0) is 97.8 Å². The zero-order valence-corrected chi connectivity index (χ0v) is 30.3. The van der Waals surface area contributed by atoms with Gasteiger partial charge in [0.05, 0.1) is 41.4 Å². The molecule has 0 spiro atoms. The summed E-state index contributed by atoms with van der Waals surface area (Å²) in [5.41, 5.74) is 6.78. The number of carbonyl (C=O) groups excluding carboxylic acids is 1. The van der Waals surface area contributed by atoms with Gasteiger partial charge in [0.1, 0.15) is 23.9 Å². The molecule has 3 aromatic carbocycles. The molecule has 0 aliphatic carbocycles. The average molecular weight is 724 g/mol. The number of ether oxygens (including phenoxy) is 1. The molecule has 12 nitrogen and oxygen atoms in total. The van der Waals surface area contributed by atoms with Crippen LogP contribution in [0.15, 0.2) is 78.0 Å². The third-order valence-electron chi connectivity index (χ3n) is 11.0. The number of nitriles is 1. The molecule has 4 aromatic heterocycles. The summed E-state index contributed by atoms with van der Waals surface area (Å²) in [6.07, 6.45) is 7.52. The summed E-state index contributed by atoms with van der Waals surface area (Å²) in [5, 5.41) is 21.0. The number of hydrogen-bond donors (Lipinski definition) is 0. The second-order valence-electron chi connectivity index (χ2n) is 14.3. The van der Waals surface area contributed by atoms with E-state index in [9.17, 15) is 19.2 Å². The van der Waals surface area contributed by atoms with Crippen LogP contribution in [0.2, 0.25) is 0 Å². The van der Waals surface area contributed by atoms with Crippen LogP contribution < -0.4 is 5.69 Å². The van der Waals surface area contributed by atoms with Crippen molar-refractivity contribution in [2.45, 2.75) is 52.1 Å². The number of carbonyl (C=O) groups is 1. The quantitative estimate of drug-likeness (QED) is 0.207. The Balaban J connectivity index is 1.13. The molecule has 272 valence electrons. The Kier molecular flexibility index (Phi) is 8.08. The standard InChI is InChI=1S/C41H38FN9O3/c1-25-18-32(19-26(2)38(25)42)51-39(50-15-14-48(41(50)53)31-5-7-35-30(21-31)23-44-46(35)3)33-24-47(12-8-34(33)45-51)40(52)37-22-29-20-28(27-9-16-54-17-10-27)4-6-36(29)49(37)13-11-43/h4-7,14-15,18-23,27H,8-10,12-13,16-17,24H2,1-3H3. The van der Waals surface area contributed by atoms with E-state index in [2.05, 4.69) is 23.3 Å². The summed E-state index contributed by atoms with van der Waals surface area (Å²) < 4.78 is 28.8. The highest BCUT2D eigenvalue weighted by Gasteiger charge is 2.32. The minimum Gasteiger partial charge on any atom is -0.381 e. The van der Waals surface area contributed by atoms with E-state index < -0.39 is 0 Å². The fourth-order valence-electron chi connectivity index (χ4n) is 8.20. The van der Waals surface area contributed by atoms with Crippen LogP contribution in [0, 0.1) is 31.0 Å². The van der Waals surface area contributed by atoms with Crippen molar-refractivity contribution < 1.29 is 13.9 Å². The summed E-state index contributed by atoms with van der Waals surface area (Å²) in [4.78, 5) is 30.6. The Labute approximate surface area is 309 Å². The number of aryl methyl sites for hydroxylation is 3. The van der Waals surface area contributed by atoms with Crippen molar-refractivity contribution in [1.82, 2.24) is 38.2 Å². The third-order valence-corrected chi connectivity index (χ3v) is 11.0. The van der Waals surface area contributed by atoms with Crippen LogP contribution in [0.5, 0.6) is 0 Å². The summed E-state index contributed by atoms with van der Waals surface area (Å²) in [5.74, 6) is 0.373. The lowest BCUT2D eigenvalue weighted by molar-refractivity contribution is 0.0724. The molecular formula is C41H38FN9O3. The first-order valence-electron chi connectivity index (χ1n) is 18.2. The maximum Gasteiger partial charge on any atom is 0.338 e. The summed E-state index contributed by atoms with van der Waals surface area (Å²) in [6.45, 7) is 5.49. The highest BCUT2D eigenvalue weighted by atomic mass is 19.1. The number of fused-ring (bicyclic) bond motifs is 3. The van der Waals surface area contributed by atoms with Crippen molar-refractivity contribution in [2.75, 3.05) is 19.8 Å². The molecule has 0 bridgehead atoms. The maximum atomic E-state index is 14.9. The number of benzene rings is 3. The van der Waals surface area contributed by atoms with E-state index >= 15 is 0 Å². The average Bonchev–Trinajstić information content (AvgIpc) is 3.96. The number of nitrogens with zero attached hydrogens (tertiary/aromatic N) is 9. The largest absolute Gasteiger partial charge is 0.381 e. The van der Waals surface area contributed by atoms with Crippen molar-refractivity contribution >= 4 is 27.7 Å². The van der Waals surface area contributed by atoms with Gasteiger partial charge in [-0.3, -0.25) is 18.6 Å². The van der Waals surface area contributed by atoms with E-state index in [4.69, 9.17) is 9.84 Å². The van der Waals surface area contributed by atoms with Gasteiger partial charge in [-0.1, -0.05) is 6.07 Å². The number of hydrogen-bond acceptors (Lipinski definition) is 6. The van der Waals surface area contributed by atoms with Crippen LogP contribution in [0.3, 0.4) is 0 Å². The Morgan fingerprint density at radius 1 is 0.963 bits per heavy atom. The molecule has 0 radical (unpaired) electrons. The molecule has 0 N–H and O–H groups in total. The van der Waals surface area contributed by atoms with Gasteiger partial charge >= 0.3 is 5.69 Å². The van der Waals surface area contributed by atoms with Crippen LogP contribution in [0.25, 0.3) is 39.0 Å². The van der Waals surface area contributed by atoms with Crippen LogP contribution in [0.4, 0.5) is 4.39 Å². The molecule has 6 heterocycles. The highest BCUT2D eigenvalue weighted by molar-refractivity contribution is 5.99. The van der Waals surface area contributed by atoms with E-state index in [-0.39, 0.29) is 30.5 Å². The monoisotopic (exact) mass is 723 g/mol. The smallest absolute Gasteiger partial charge is 0.338 e. The van der Waals surface area contributed by atoms with Crippen molar-refractivity contribution in [2.24, 2.45) is 7.05 Å². The highest BCUT2D eigenvalue weighted by Crippen LogP contribution is 2.33. The summed E-state index contributed by atoms with van der Waals surface area (Å²) >= 11 is 0. The Bertz CT molecular complexity index is 2710. The van der Waals surface area contributed by atoms with E-state index in [0.29, 0.717) is 52.9 Å². The number of imidazole rings is 1. The number of rotatable bonds is 6. The van der Waals surface area contributed by atoms with Gasteiger partial charge in [-0.2, -0.15) is 15.5 Å². The van der Waals surface area contributed by atoms with Gasteiger partial charge in [0.15, 0.2) is 0 Å². The molecule has 13 heteroatoms. The maximum absolute atomic E-state index is 14.9. The van der Waals surface area contributed by atoms with Crippen LogP contribution >= 0.6 is 0 Å². The topological polar surface area (TPSA) is 121 Å². The minimum atomic E-state index is -0.323. The second-order valence-corrected chi connectivity index (χ2v) is 14.3. The lowest BCUT2D eigenvalue weighted by atomic mass is 9.91. The van der Waals surface area contributed by atoms with Gasteiger partial charge in [-0.15, -0.1) is 0 Å². The predicted octanol–water partition coefficient (Wildman–Crippen LogP) is 6.03. The predicted molar refractivity (Wildman–Crippen MR) is 201 cm³/mol. The molecule has 54 heavy (non-hydrogen) atoms. The SMILES string of the molecule is Cc1cc(-n2nc3c(c2-n2ccn(-c4ccc5c(cnn5C)c4)c2=O)CN(C(=O)c2cc4cc(C5CCOCC5)ccc4n2CC#N)CC3)cc(C)c1F. The molecule has 1 fully saturated rings. The first kappa shape index (κ1) is 33.6. The first-order valence-corrected chi connectivity index (χ1v) is 18.2. The molecule has 9 rings (SSSR count). The van der Waals surface area contributed by atoms with Crippen LogP contribution in [0.1, 0.15) is 57.2 Å². The number of halogens is 1. The zero-order chi connectivity index (χ0) is 37.2. The molecule has 0 atom stereocenters. The molecule has 7 aromatic rings. The Morgan fingerprint density at radius 3 is 2.50 bits per heavy atom. The molecule has 2 aliphatic heterocycles. The van der Waals surface area contributed by atoms with Crippen molar-refractivity contribution in [1.29, 1.82) is 5.26 Å². The number of amides is 1. The van der Waals surface area contributed by atoms with Gasteiger partial charge in [0.25, 0.3) is 5.91 Å². The van der Waals surface area contributed by atoms with Gasteiger partial charge in [-0.25, -0.2) is 13.9 Å². The minimum absolute atomic E-state index is 0.0282. The normalized spacial score (nSPS) is 14.9. The van der Waals surface area contributed by atoms with Crippen LogP contribution in [-0.2, 0) is 31.3 Å². The number of aromatic nitrogens is 7. The molecule has 2 aliphatic rings. The van der Waals surface area contributed by atoms with Crippen molar-refractivity contribution in [3.63, 3.8) is 0 Å². The van der Waals surface area contributed by atoms with Crippen molar-refractivity contribution in [3.05, 3.63) is 123 Å². The second kappa shape index (κ2) is 13.0. The molecule has 0 saturated carbocycles. The molecule has 1 saturated heterocycles. The van der Waals surface area contributed by atoms with Crippen LogP contribution in [-0.4, -0.2) is 63.8 Å². The van der Waals surface area contributed by atoms with E-state index in [1.54, 1.807) is 72.5 Å². The molecular weight excluding hydrogens is 686 g/mol.